The lowest BCUT2D eigenvalue weighted by molar-refractivity contribution is -0.138. The van der Waals surface area contributed by atoms with Gasteiger partial charge < -0.3 is 15.0 Å². The summed E-state index contributed by atoms with van der Waals surface area (Å²) in [5.74, 6) is 0.713. The number of thiophene rings is 1. The lowest BCUT2D eigenvalue weighted by Gasteiger charge is -2.41. The second kappa shape index (κ2) is 6.90. The zero-order valence-electron chi connectivity index (χ0n) is 12.6. The molecule has 5 heteroatoms. The average Bonchev–Trinajstić information content (AvgIpc) is 2.99. The van der Waals surface area contributed by atoms with E-state index in [4.69, 9.17) is 4.74 Å². The summed E-state index contributed by atoms with van der Waals surface area (Å²) >= 11 is 1.74. The Morgan fingerprint density at radius 3 is 3.29 bits per heavy atom. The van der Waals surface area contributed by atoms with Gasteiger partial charge >= 0.3 is 0 Å². The first-order valence-corrected chi connectivity index (χ1v) is 8.70. The van der Waals surface area contributed by atoms with E-state index in [1.165, 1.54) is 4.88 Å². The van der Waals surface area contributed by atoms with Gasteiger partial charge in [0.2, 0.25) is 5.91 Å². The van der Waals surface area contributed by atoms with Gasteiger partial charge in [-0.2, -0.15) is 0 Å². The Morgan fingerprint density at radius 2 is 2.48 bits per heavy atom. The van der Waals surface area contributed by atoms with Crippen LogP contribution in [0.25, 0.3) is 0 Å². The number of rotatable bonds is 4. The predicted molar refractivity (Wildman–Crippen MR) is 84.5 cm³/mol. The van der Waals surface area contributed by atoms with Crippen molar-refractivity contribution < 1.29 is 9.53 Å². The molecule has 0 unspecified atom stereocenters. The first kappa shape index (κ1) is 15.0. The molecule has 2 fully saturated rings. The first-order valence-electron chi connectivity index (χ1n) is 7.82. The van der Waals surface area contributed by atoms with E-state index >= 15 is 0 Å². The highest BCUT2D eigenvalue weighted by atomic mass is 32.1. The van der Waals surface area contributed by atoms with Gasteiger partial charge in [0, 0.05) is 24.5 Å². The van der Waals surface area contributed by atoms with Crippen molar-refractivity contribution in [3.63, 3.8) is 0 Å². The number of hydrogen-bond donors (Lipinski definition) is 1. The Labute approximate surface area is 130 Å². The van der Waals surface area contributed by atoms with Crippen LogP contribution in [0.15, 0.2) is 17.5 Å². The topological polar surface area (TPSA) is 41.6 Å². The molecule has 0 bridgehead atoms. The highest BCUT2D eigenvalue weighted by Gasteiger charge is 2.37. The van der Waals surface area contributed by atoms with Gasteiger partial charge in [-0.1, -0.05) is 6.07 Å². The van der Waals surface area contributed by atoms with Crippen molar-refractivity contribution in [2.75, 3.05) is 33.3 Å². The number of fused-ring (bicyclic) bond motifs is 1. The molecule has 116 valence electrons. The third kappa shape index (κ3) is 3.84. The molecule has 2 aliphatic heterocycles. The molecule has 3 rings (SSSR count). The molecule has 0 saturated carbocycles. The summed E-state index contributed by atoms with van der Waals surface area (Å²) in [6, 6.07) is 4.17. The van der Waals surface area contributed by atoms with E-state index in [-0.39, 0.29) is 11.8 Å². The SMILES string of the molecule is CN1CC[C@H]2OC[C@H](C(=O)NCCc3cccs3)C[C@H]2C1. The Balaban J connectivity index is 1.44. The number of piperidine rings is 1. The van der Waals surface area contributed by atoms with Crippen molar-refractivity contribution in [1.29, 1.82) is 0 Å². The van der Waals surface area contributed by atoms with Crippen LogP contribution in [-0.4, -0.2) is 50.2 Å². The number of nitrogens with zero attached hydrogens (tertiary/aromatic N) is 1. The molecular formula is C16H24N2O2S. The number of ether oxygens (including phenoxy) is 1. The Hall–Kier alpha value is -0.910. The van der Waals surface area contributed by atoms with Gasteiger partial charge in [0.05, 0.1) is 18.6 Å². The molecule has 4 nitrogen and oxygen atoms in total. The van der Waals surface area contributed by atoms with Crippen LogP contribution >= 0.6 is 11.3 Å². The summed E-state index contributed by atoms with van der Waals surface area (Å²) in [7, 11) is 2.15. The molecule has 0 aliphatic carbocycles. The van der Waals surface area contributed by atoms with Gasteiger partial charge in [-0.15, -0.1) is 11.3 Å². The summed E-state index contributed by atoms with van der Waals surface area (Å²) in [6.07, 6.45) is 3.37. The second-order valence-electron chi connectivity index (χ2n) is 6.24. The van der Waals surface area contributed by atoms with Crippen molar-refractivity contribution in [3.05, 3.63) is 22.4 Å². The van der Waals surface area contributed by atoms with Crippen molar-refractivity contribution in [1.82, 2.24) is 10.2 Å². The van der Waals surface area contributed by atoms with Gasteiger partial charge in [-0.25, -0.2) is 0 Å². The van der Waals surface area contributed by atoms with Crippen molar-refractivity contribution in [2.24, 2.45) is 11.8 Å². The molecule has 1 aromatic rings. The molecule has 21 heavy (non-hydrogen) atoms. The lowest BCUT2D eigenvalue weighted by Crippen LogP contribution is -2.49. The van der Waals surface area contributed by atoms with Crippen LogP contribution in [-0.2, 0) is 16.0 Å². The summed E-state index contributed by atoms with van der Waals surface area (Å²) < 4.78 is 5.93. The van der Waals surface area contributed by atoms with E-state index < -0.39 is 0 Å². The maximum absolute atomic E-state index is 12.3. The number of hydrogen-bond acceptors (Lipinski definition) is 4. The lowest BCUT2D eigenvalue weighted by atomic mass is 9.83. The highest BCUT2D eigenvalue weighted by molar-refractivity contribution is 7.09. The zero-order chi connectivity index (χ0) is 14.7. The minimum absolute atomic E-state index is 0.0288. The van der Waals surface area contributed by atoms with Crippen LogP contribution in [0.2, 0.25) is 0 Å². The number of nitrogens with one attached hydrogen (secondary N) is 1. The largest absolute Gasteiger partial charge is 0.377 e. The third-order valence-electron chi connectivity index (χ3n) is 4.59. The fourth-order valence-corrected chi connectivity index (χ4v) is 4.11. The van der Waals surface area contributed by atoms with E-state index in [0.717, 1.165) is 38.9 Å². The smallest absolute Gasteiger partial charge is 0.225 e. The molecule has 2 aliphatic rings. The summed E-state index contributed by atoms with van der Waals surface area (Å²) in [5.41, 5.74) is 0. The van der Waals surface area contributed by atoms with E-state index in [9.17, 15) is 4.79 Å². The first-order chi connectivity index (χ1) is 10.2. The molecule has 1 amide bonds. The van der Waals surface area contributed by atoms with E-state index in [1.54, 1.807) is 11.3 Å². The summed E-state index contributed by atoms with van der Waals surface area (Å²) in [6.45, 7) is 3.49. The molecule has 3 heterocycles. The van der Waals surface area contributed by atoms with Gasteiger partial charge in [0.15, 0.2) is 0 Å². The maximum atomic E-state index is 12.3. The van der Waals surface area contributed by atoms with Gasteiger partial charge in [-0.3, -0.25) is 4.79 Å². The fraction of sp³-hybridized carbons (Fsp3) is 0.688. The van der Waals surface area contributed by atoms with E-state index in [1.807, 2.05) is 0 Å². The van der Waals surface area contributed by atoms with Crippen molar-refractivity contribution >= 4 is 17.2 Å². The Kier molecular flexibility index (Phi) is 4.93. The number of carbonyl (C=O) groups is 1. The molecule has 0 spiro atoms. The van der Waals surface area contributed by atoms with Crippen molar-refractivity contribution in [3.8, 4) is 0 Å². The maximum Gasteiger partial charge on any atom is 0.225 e. The third-order valence-corrected chi connectivity index (χ3v) is 5.52. The van der Waals surface area contributed by atoms with Crippen LogP contribution in [0.5, 0.6) is 0 Å². The van der Waals surface area contributed by atoms with E-state index in [2.05, 4.69) is 34.8 Å². The standard InChI is InChI=1S/C16H24N2O2S/c1-18-7-5-15-12(10-18)9-13(11-20-15)16(19)17-6-4-14-3-2-8-21-14/h2-3,8,12-13,15H,4-7,9-11H2,1H3,(H,17,19)/t12-,13+,15+/m0/s1. The number of amides is 1. The molecule has 3 atom stereocenters. The van der Waals surface area contributed by atoms with Gasteiger partial charge in [0.25, 0.3) is 0 Å². The normalized spacial score (nSPS) is 29.9. The summed E-state index contributed by atoms with van der Waals surface area (Å²) in [4.78, 5) is 16.0. The monoisotopic (exact) mass is 308 g/mol. The van der Waals surface area contributed by atoms with Gasteiger partial charge in [-0.05, 0) is 43.7 Å². The second-order valence-corrected chi connectivity index (χ2v) is 7.27. The summed E-state index contributed by atoms with van der Waals surface area (Å²) in [5, 5.41) is 5.15. The highest BCUT2D eigenvalue weighted by Crippen LogP contribution is 2.30. The molecule has 0 radical (unpaired) electrons. The number of carbonyl (C=O) groups excluding carboxylic acids is 1. The molecule has 1 N–H and O–H groups in total. The van der Waals surface area contributed by atoms with Crippen LogP contribution in [0.4, 0.5) is 0 Å². The minimum Gasteiger partial charge on any atom is -0.377 e. The average molecular weight is 308 g/mol. The molecular weight excluding hydrogens is 284 g/mol. The van der Waals surface area contributed by atoms with Gasteiger partial charge in [0.1, 0.15) is 0 Å². The molecule has 2 saturated heterocycles. The van der Waals surface area contributed by atoms with Crippen molar-refractivity contribution in [2.45, 2.75) is 25.4 Å². The van der Waals surface area contributed by atoms with Crippen LogP contribution in [0.3, 0.4) is 0 Å². The molecule has 1 aromatic heterocycles. The minimum atomic E-state index is 0.0288. The Morgan fingerprint density at radius 1 is 1.57 bits per heavy atom. The van der Waals surface area contributed by atoms with E-state index in [0.29, 0.717) is 18.6 Å². The fourth-order valence-electron chi connectivity index (χ4n) is 3.40. The van der Waals surface area contributed by atoms with Crippen LogP contribution < -0.4 is 5.32 Å². The zero-order valence-corrected chi connectivity index (χ0v) is 13.4. The predicted octanol–water partition coefficient (Wildman–Crippen LogP) is 1.76. The van der Waals surface area contributed by atoms with Crippen LogP contribution in [0, 0.1) is 11.8 Å². The van der Waals surface area contributed by atoms with Crippen LogP contribution in [0.1, 0.15) is 17.7 Å². The number of likely N-dealkylation sites (tertiary alicyclic amines) is 1. The quantitative estimate of drug-likeness (QED) is 0.921. The Bertz CT molecular complexity index is 463. The molecule has 0 aromatic carbocycles.